The van der Waals surface area contributed by atoms with Crippen LogP contribution in [0.1, 0.15) is 28.6 Å². The molecule has 1 aliphatic rings. The fraction of sp³-hybridized carbons (Fsp3) is 0.286. The van der Waals surface area contributed by atoms with Crippen LogP contribution < -0.4 is 0 Å². The molecule has 0 aromatic carbocycles. The third-order valence-electron chi connectivity index (χ3n) is 3.43. The zero-order valence-corrected chi connectivity index (χ0v) is 10.3. The molecule has 0 fully saturated rings. The van der Waals surface area contributed by atoms with E-state index in [-0.39, 0.29) is 17.4 Å². The topological polar surface area (TPSA) is 72.1 Å². The summed E-state index contributed by atoms with van der Waals surface area (Å²) in [5, 5.41) is 10.9. The Morgan fingerprint density at radius 2 is 2.26 bits per heavy atom. The molecule has 19 heavy (non-hydrogen) atoms. The Morgan fingerprint density at radius 1 is 1.42 bits per heavy atom. The smallest absolute Gasteiger partial charge is 0.219 e. The molecule has 2 aromatic heterocycles. The van der Waals surface area contributed by atoms with Gasteiger partial charge in [0.15, 0.2) is 0 Å². The van der Waals surface area contributed by atoms with Gasteiger partial charge in [0.2, 0.25) is 6.54 Å². The van der Waals surface area contributed by atoms with Crippen LogP contribution in [-0.4, -0.2) is 16.5 Å². The molecule has 1 N–H and O–H groups in total. The monoisotopic (exact) mass is 258 g/mol. The van der Waals surface area contributed by atoms with Crippen LogP contribution in [0.5, 0.6) is 0 Å². The number of hydrogen-bond acceptors (Lipinski definition) is 3. The summed E-state index contributed by atoms with van der Waals surface area (Å²) >= 11 is 0. The molecule has 1 atom stereocenters. The molecule has 98 valence electrons. The highest BCUT2D eigenvalue weighted by Crippen LogP contribution is 2.28. The van der Waals surface area contributed by atoms with E-state index in [4.69, 9.17) is 4.42 Å². The van der Waals surface area contributed by atoms with Gasteiger partial charge in [-0.15, -0.1) is 0 Å². The molecule has 0 aliphatic heterocycles. The third kappa shape index (κ3) is 2.31. The maximum atomic E-state index is 10.9. The molecule has 1 aliphatic carbocycles. The highest BCUT2D eigenvalue weighted by atomic mass is 16.6. The maximum Gasteiger partial charge on any atom is 0.219 e. The quantitative estimate of drug-likeness (QED) is 0.520. The minimum atomic E-state index is -0.351. The number of allylic oxidation sites excluding steroid dienone is 2. The van der Waals surface area contributed by atoms with E-state index in [0.29, 0.717) is 5.76 Å². The normalized spacial score (nSPS) is 15.2. The van der Waals surface area contributed by atoms with Crippen molar-refractivity contribution in [2.75, 3.05) is 6.54 Å². The van der Waals surface area contributed by atoms with E-state index in [1.54, 1.807) is 18.4 Å². The van der Waals surface area contributed by atoms with E-state index >= 15 is 0 Å². The second-order valence-electron chi connectivity index (χ2n) is 4.69. The summed E-state index contributed by atoms with van der Waals surface area (Å²) in [6.45, 7) is -0.166. The van der Waals surface area contributed by atoms with Gasteiger partial charge in [-0.1, -0.05) is 12.2 Å². The van der Waals surface area contributed by atoms with Gasteiger partial charge in [-0.05, 0) is 30.2 Å². The van der Waals surface area contributed by atoms with Crippen LogP contribution in [0.3, 0.4) is 0 Å². The van der Waals surface area contributed by atoms with Gasteiger partial charge in [0, 0.05) is 22.7 Å². The molecule has 0 bridgehead atoms. The van der Waals surface area contributed by atoms with Crippen LogP contribution in [0.15, 0.2) is 41.0 Å². The lowest BCUT2D eigenvalue weighted by atomic mass is 10.0. The lowest BCUT2D eigenvalue weighted by molar-refractivity contribution is -0.482. The molecule has 2 heterocycles. The van der Waals surface area contributed by atoms with E-state index in [2.05, 4.69) is 17.1 Å². The number of furan rings is 1. The van der Waals surface area contributed by atoms with Crippen molar-refractivity contribution in [2.24, 2.45) is 0 Å². The van der Waals surface area contributed by atoms with Crippen LogP contribution in [-0.2, 0) is 12.8 Å². The van der Waals surface area contributed by atoms with Gasteiger partial charge in [-0.25, -0.2) is 0 Å². The summed E-state index contributed by atoms with van der Waals surface area (Å²) in [4.78, 5) is 13.9. The zero-order chi connectivity index (χ0) is 13.2. The molecule has 0 radical (unpaired) electrons. The molecule has 0 spiro atoms. The van der Waals surface area contributed by atoms with Crippen LogP contribution in [0.25, 0.3) is 0 Å². The number of nitro groups is 1. The van der Waals surface area contributed by atoms with Gasteiger partial charge < -0.3 is 9.40 Å². The first-order valence-electron chi connectivity index (χ1n) is 6.25. The second-order valence-corrected chi connectivity index (χ2v) is 4.69. The van der Waals surface area contributed by atoms with Crippen molar-refractivity contribution in [2.45, 2.75) is 18.8 Å². The number of aromatic nitrogens is 1. The number of nitrogens with one attached hydrogen (secondary N) is 1. The summed E-state index contributed by atoms with van der Waals surface area (Å²) in [7, 11) is 0. The number of aromatic amines is 1. The van der Waals surface area contributed by atoms with Gasteiger partial charge in [-0.2, -0.15) is 0 Å². The third-order valence-corrected chi connectivity index (χ3v) is 3.43. The minimum absolute atomic E-state index is 0.166. The summed E-state index contributed by atoms with van der Waals surface area (Å²) < 4.78 is 5.34. The van der Waals surface area contributed by atoms with Gasteiger partial charge in [0.05, 0.1) is 6.26 Å². The molecule has 0 saturated heterocycles. The van der Waals surface area contributed by atoms with Crippen LogP contribution in [0.4, 0.5) is 0 Å². The van der Waals surface area contributed by atoms with E-state index in [9.17, 15) is 10.1 Å². The SMILES string of the molecule is O=[N+]([O-])CC(c1cc2c([nH]1)CC=CC2)c1ccco1. The first-order chi connectivity index (χ1) is 9.24. The molecule has 3 rings (SSSR count). The van der Waals surface area contributed by atoms with Crippen LogP contribution >= 0.6 is 0 Å². The molecule has 2 aromatic rings. The van der Waals surface area contributed by atoms with Crippen molar-refractivity contribution < 1.29 is 9.34 Å². The second kappa shape index (κ2) is 4.76. The summed E-state index contributed by atoms with van der Waals surface area (Å²) in [5.41, 5.74) is 3.23. The molecule has 5 nitrogen and oxygen atoms in total. The first kappa shape index (κ1) is 11.8. The Morgan fingerprint density at radius 3 is 2.95 bits per heavy atom. The number of nitrogens with zero attached hydrogens (tertiary/aromatic N) is 1. The lowest BCUT2D eigenvalue weighted by Crippen LogP contribution is -2.13. The Bertz CT molecular complexity index is 585. The minimum Gasteiger partial charge on any atom is -0.468 e. The predicted octanol–water partition coefficient (Wildman–Crippen LogP) is 2.67. The Kier molecular flexibility index (Phi) is 2.95. The van der Waals surface area contributed by atoms with E-state index in [1.807, 2.05) is 6.07 Å². The van der Waals surface area contributed by atoms with Gasteiger partial charge >= 0.3 is 0 Å². The molecule has 0 saturated carbocycles. The van der Waals surface area contributed by atoms with Crippen molar-refractivity contribution in [3.8, 4) is 0 Å². The first-order valence-corrected chi connectivity index (χ1v) is 6.25. The lowest BCUT2D eigenvalue weighted by Gasteiger charge is -2.08. The molecular formula is C14H14N2O3. The average molecular weight is 258 g/mol. The Balaban J connectivity index is 1.95. The van der Waals surface area contributed by atoms with Gasteiger partial charge in [-0.3, -0.25) is 10.1 Å². The van der Waals surface area contributed by atoms with Crippen molar-refractivity contribution in [1.82, 2.24) is 4.98 Å². The fourth-order valence-electron chi connectivity index (χ4n) is 2.51. The van der Waals surface area contributed by atoms with E-state index in [1.165, 1.54) is 5.56 Å². The van der Waals surface area contributed by atoms with E-state index in [0.717, 1.165) is 24.2 Å². The van der Waals surface area contributed by atoms with Crippen LogP contribution in [0, 0.1) is 10.1 Å². The molecule has 0 amide bonds. The number of fused-ring (bicyclic) bond motifs is 1. The van der Waals surface area contributed by atoms with Gasteiger partial charge in [0.25, 0.3) is 0 Å². The van der Waals surface area contributed by atoms with Crippen molar-refractivity contribution in [3.63, 3.8) is 0 Å². The zero-order valence-electron chi connectivity index (χ0n) is 10.3. The van der Waals surface area contributed by atoms with Gasteiger partial charge in [0.1, 0.15) is 11.7 Å². The summed E-state index contributed by atoms with van der Waals surface area (Å²) in [5.74, 6) is 0.277. The van der Waals surface area contributed by atoms with Crippen molar-refractivity contribution >= 4 is 0 Å². The van der Waals surface area contributed by atoms with Crippen molar-refractivity contribution in [3.05, 3.63) is 69.4 Å². The Hall–Kier alpha value is -2.30. The number of rotatable bonds is 4. The summed E-state index contributed by atoms with van der Waals surface area (Å²) in [6.07, 6.45) is 7.52. The molecule has 1 unspecified atom stereocenters. The fourth-order valence-corrected chi connectivity index (χ4v) is 2.51. The maximum absolute atomic E-state index is 10.9. The average Bonchev–Trinajstić information content (AvgIpc) is 3.04. The predicted molar refractivity (Wildman–Crippen MR) is 69.8 cm³/mol. The van der Waals surface area contributed by atoms with Crippen LogP contribution in [0.2, 0.25) is 0 Å². The van der Waals surface area contributed by atoms with Crippen molar-refractivity contribution in [1.29, 1.82) is 0 Å². The highest BCUT2D eigenvalue weighted by Gasteiger charge is 2.25. The largest absolute Gasteiger partial charge is 0.468 e. The molecular weight excluding hydrogens is 244 g/mol. The highest BCUT2D eigenvalue weighted by molar-refractivity contribution is 5.36. The summed E-state index contributed by atoms with van der Waals surface area (Å²) in [6, 6.07) is 5.56. The van der Waals surface area contributed by atoms with E-state index < -0.39 is 0 Å². The number of H-pyrrole nitrogens is 1. The standard InChI is InChI=1S/C14H14N2O3/c17-16(18)9-11(14-6-3-7-19-14)13-8-10-4-1-2-5-12(10)15-13/h1-3,6-8,11,15H,4-5,9H2. The molecule has 5 heteroatoms. The Labute approximate surface area is 110 Å². The number of hydrogen-bond donors (Lipinski definition) is 1.